The number of amidine groups is 1. The van der Waals surface area contributed by atoms with Crippen molar-refractivity contribution in [2.45, 2.75) is 44.2 Å². The number of nitrogens with zero attached hydrogens (tertiary/aromatic N) is 1. The van der Waals surface area contributed by atoms with E-state index in [9.17, 15) is 0 Å². The molecule has 1 saturated carbocycles. The van der Waals surface area contributed by atoms with E-state index in [2.05, 4.69) is 15.8 Å². The number of rotatable bonds is 4. The molecule has 2 aliphatic rings. The molecule has 2 N–H and O–H groups in total. The fourth-order valence-electron chi connectivity index (χ4n) is 2.86. The quantitative estimate of drug-likeness (QED) is 0.884. The van der Waals surface area contributed by atoms with Gasteiger partial charge in [-0.25, -0.2) is 5.48 Å². The van der Waals surface area contributed by atoms with Gasteiger partial charge in [-0.05, 0) is 12.8 Å². The Hall–Kier alpha value is -1.39. The summed E-state index contributed by atoms with van der Waals surface area (Å²) in [4.78, 5) is 10.3. The molecule has 0 radical (unpaired) electrons. The first-order chi connectivity index (χ1) is 9.92. The molecule has 4 heteroatoms. The molecule has 1 aliphatic carbocycles. The number of hydrogen-bond acceptors (Lipinski definition) is 4. The summed E-state index contributed by atoms with van der Waals surface area (Å²) >= 11 is 0. The van der Waals surface area contributed by atoms with Crippen molar-refractivity contribution < 1.29 is 4.84 Å². The van der Waals surface area contributed by atoms with Crippen LogP contribution in [0.25, 0.3) is 0 Å². The van der Waals surface area contributed by atoms with E-state index in [-0.39, 0.29) is 6.10 Å². The molecule has 1 aromatic rings. The standard InChI is InChI=1S/C16H23N3O/c1-3-7-13(8-4-1)16-18-12-15(20-19-16)11-17-14-9-5-2-6-10-14/h1,3-4,7-8,14-15,17H,2,5-6,9-12H2,(H,18,19). The van der Waals surface area contributed by atoms with E-state index < -0.39 is 0 Å². The molecule has 1 aromatic carbocycles. The number of benzene rings is 1. The lowest BCUT2D eigenvalue weighted by atomic mass is 9.95. The Morgan fingerprint density at radius 2 is 1.95 bits per heavy atom. The van der Waals surface area contributed by atoms with Gasteiger partial charge in [0.15, 0.2) is 5.84 Å². The molecule has 0 bridgehead atoms. The van der Waals surface area contributed by atoms with Crippen LogP contribution in [0.2, 0.25) is 0 Å². The summed E-state index contributed by atoms with van der Waals surface area (Å²) in [5, 5.41) is 3.61. The van der Waals surface area contributed by atoms with Gasteiger partial charge < -0.3 is 5.32 Å². The second-order valence-electron chi connectivity index (χ2n) is 5.64. The van der Waals surface area contributed by atoms with E-state index in [1.807, 2.05) is 30.3 Å². The van der Waals surface area contributed by atoms with Crippen molar-refractivity contribution in [2.24, 2.45) is 4.99 Å². The van der Waals surface area contributed by atoms with Gasteiger partial charge in [-0.1, -0.05) is 49.6 Å². The van der Waals surface area contributed by atoms with Crippen molar-refractivity contribution in [3.63, 3.8) is 0 Å². The number of aliphatic imine (C=N–C) groups is 1. The second-order valence-corrected chi connectivity index (χ2v) is 5.64. The fraction of sp³-hybridized carbons (Fsp3) is 0.562. The van der Waals surface area contributed by atoms with Crippen molar-refractivity contribution >= 4 is 5.84 Å². The summed E-state index contributed by atoms with van der Waals surface area (Å²) in [6, 6.07) is 10.8. The normalized spacial score (nSPS) is 24.0. The van der Waals surface area contributed by atoms with Crippen molar-refractivity contribution in [1.29, 1.82) is 0 Å². The lowest BCUT2D eigenvalue weighted by Crippen LogP contribution is -2.45. The summed E-state index contributed by atoms with van der Waals surface area (Å²) in [6.45, 7) is 1.60. The summed E-state index contributed by atoms with van der Waals surface area (Å²) in [5.41, 5.74) is 4.06. The van der Waals surface area contributed by atoms with E-state index >= 15 is 0 Å². The topological polar surface area (TPSA) is 45.7 Å². The molecule has 1 aliphatic heterocycles. The van der Waals surface area contributed by atoms with Crippen molar-refractivity contribution in [3.8, 4) is 0 Å². The van der Waals surface area contributed by atoms with Crippen LogP contribution in [-0.4, -0.2) is 31.1 Å². The fourth-order valence-corrected chi connectivity index (χ4v) is 2.86. The third-order valence-electron chi connectivity index (χ3n) is 4.06. The van der Waals surface area contributed by atoms with E-state index in [1.54, 1.807) is 0 Å². The van der Waals surface area contributed by atoms with Crippen molar-refractivity contribution in [2.75, 3.05) is 13.1 Å². The lowest BCUT2D eigenvalue weighted by molar-refractivity contribution is 0.00567. The van der Waals surface area contributed by atoms with Crippen molar-refractivity contribution in [1.82, 2.24) is 10.8 Å². The van der Waals surface area contributed by atoms with Crippen LogP contribution in [0.3, 0.4) is 0 Å². The van der Waals surface area contributed by atoms with E-state index in [4.69, 9.17) is 4.84 Å². The SMILES string of the molecule is c1ccc(C2=NCC(CNC3CCCCC3)ON2)cc1. The summed E-state index contributed by atoms with van der Waals surface area (Å²) in [6.07, 6.45) is 6.85. The van der Waals surface area contributed by atoms with Crippen LogP contribution in [0.5, 0.6) is 0 Å². The second kappa shape index (κ2) is 6.86. The Morgan fingerprint density at radius 3 is 2.65 bits per heavy atom. The zero-order chi connectivity index (χ0) is 13.6. The number of hydrogen-bond donors (Lipinski definition) is 2. The third-order valence-corrected chi connectivity index (χ3v) is 4.06. The van der Waals surface area contributed by atoms with Gasteiger partial charge in [0.2, 0.25) is 0 Å². The highest BCUT2D eigenvalue weighted by Crippen LogP contribution is 2.17. The minimum absolute atomic E-state index is 0.129. The molecule has 3 rings (SSSR count). The predicted molar refractivity (Wildman–Crippen MR) is 80.7 cm³/mol. The van der Waals surface area contributed by atoms with Gasteiger partial charge in [0.1, 0.15) is 6.10 Å². The molecule has 1 atom stereocenters. The van der Waals surface area contributed by atoms with Crippen molar-refractivity contribution in [3.05, 3.63) is 35.9 Å². The van der Waals surface area contributed by atoms with E-state index in [0.29, 0.717) is 6.04 Å². The molecule has 1 fully saturated rings. The lowest BCUT2D eigenvalue weighted by Gasteiger charge is -2.27. The first-order valence-corrected chi connectivity index (χ1v) is 7.67. The predicted octanol–water partition coefficient (Wildman–Crippen LogP) is 2.26. The Labute approximate surface area is 120 Å². The van der Waals surface area contributed by atoms with Crippen LogP contribution in [-0.2, 0) is 4.84 Å². The molecule has 4 nitrogen and oxygen atoms in total. The van der Waals surface area contributed by atoms with E-state index in [1.165, 1.54) is 32.1 Å². The van der Waals surface area contributed by atoms with Crippen LogP contribution in [0, 0.1) is 0 Å². The molecule has 20 heavy (non-hydrogen) atoms. The first-order valence-electron chi connectivity index (χ1n) is 7.67. The zero-order valence-electron chi connectivity index (χ0n) is 11.8. The van der Waals surface area contributed by atoms with Crippen LogP contribution in [0.1, 0.15) is 37.7 Å². The van der Waals surface area contributed by atoms with Gasteiger partial charge in [0.05, 0.1) is 6.54 Å². The zero-order valence-corrected chi connectivity index (χ0v) is 11.8. The van der Waals surface area contributed by atoms with E-state index in [0.717, 1.165) is 24.5 Å². The Kier molecular flexibility index (Phi) is 4.66. The summed E-state index contributed by atoms with van der Waals surface area (Å²) < 4.78 is 0. The Morgan fingerprint density at radius 1 is 1.15 bits per heavy atom. The average Bonchev–Trinajstić information content (AvgIpc) is 2.55. The molecular formula is C16H23N3O. The molecule has 0 spiro atoms. The van der Waals surface area contributed by atoms with Crippen LogP contribution >= 0.6 is 0 Å². The Bertz CT molecular complexity index is 440. The van der Waals surface area contributed by atoms with Gasteiger partial charge in [0, 0.05) is 18.2 Å². The highest BCUT2D eigenvalue weighted by Gasteiger charge is 2.19. The first kappa shape index (κ1) is 13.6. The molecule has 108 valence electrons. The number of nitrogens with one attached hydrogen (secondary N) is 2. The average molecular weight is 273 g/mol. The molecule has 1 heterocycles. The van der Waals surface area contributed by atoms with Crippen LogP contribution in [0.15, 0.2) is 35.3 Å². The van der Waals surface area contributed by atoms with Gasteiger partial charge in [0.25, 0.3) is 0 Å². The van der Waals surface area contributed by atoms with Crippen LogP contribution < -0.4 is 10.8 Å². The van der Waals surface area contributed by atoms with Gasteiger partial charge in [-0.3, -0.25) is 9.83 Å². The molecule has 0 amide bonds. The highest BCUT2D eigenvalue weighted by molar-refractivity contribution is 5.98. The maximum absolute atomic E-state index is 5.69. The van der Waals surface area contributed by atoms with Gasteiger partial charge in [-0.15, -0.1) is 0 Å². The monoisotopic (exact) mass is 273 g/mol. The largest absolute Gasteiger partial charge is 0.311 e. The summed E-state index contributed by atoms with van der Waals surface area (Å²) in [5.74, 6) is 0.833. The van der Waals surface area contributed by atoms with Crippen LogP contribution in [0.4, 0.5) is 0 Å². The third kappa shape index (κ3) is 3.58. The maximum atomic E-state index is 5.69. The molecular weight excluding hydrogens is 250 g/mol. The maximum Gasteiger partial charge on any atom is 0.152 e. The summed E-state index contributed by atoms with van der Waals surface area (Å²) in [7, 11) is 0. The number of hydroxylamine groups is 1. The highest BCUT2D eigenvalue weighted by atomic mass is 16.7. The van der Waals surface area contributed by atoms with Gasteiger partial charge >= 0.3 is 0 Å². The Balaban J connectivity index is 1.47. The smallest absolute Gasteiger partial charge is 0.152 e. The molecule has 0 saturated heterocycles. The minimum Gasteiger partial charge on any atom is -0.311 e. The minimum atomic E-state index is 0.129. The molecule has 1 unspecified atom stereocenters. The van der Waals surface area contributed by atoms with Gasteiger partial charge in [-0.2, -0.15) is 0 Å². The molecule has 0 aromatic heterocycles.